The smallest absolute Gasteiger partial charge is 0.191 e. The van der Waals surface area contributed by atoms with Crippen LogP contribution in [0.15, 0.2) is 46.3 Å². The maximum absolute atomic E-state index is 13.4. The number of hydrogen-bond donors (Lipinski definition) is 3. The number of benzene rings is 2. The van der Waals surface area contributed by atoms with Crippen LogP contribution in [-0.2, 0) is 29.5 Å². The van der Waals surface area contributed by atoms with Gasteiger partial charge in [-0.05, 0) is 41.8 Å². The number of aliphatic hydroxyl groups excluding tert-OH is 1. The first kappa shape index (κ1) is 20.9. The molecular formula is C19H24FN3O3S. The molecule has 2 aromatic carbocycles. The molecule has 0 aliphatic carbocycles. The van der Waals surface area contributed by atoms with E-state index >= 15 is 0 Å². The molecule has 0 aliphatic rings. The molecule has 0 aliphatic heterocycles. The Labute approximate surface area is 159 Å². The molecule has 0 spiro atoms. The van der Waals surface area contributed by atoms with Gasteiger partial charge in [-0.25, -0.2) is 12.8 Å². The van der Waals surface area contributed by atoms with Gasteiger partial charge in [-0.1, -0.05) is 18.2 Å². The summed E-state index contributed by atoms with van der Waals surface area (Å²) in [6, 6.07) is 9.75. The monoisotopic (exact) mass is 393 g/mol. The topological polar surface area (TPSA) is 90.8 Å². The fourth-order valence-corrected chi connectivity index (χ4v) is 3.65. The Balaban J connectivity index is 1.97. The molecule has 8 heteroatoms. The highest BCUT2D eigenvalue weighted by Crippen LogP contribution is 2.16. The van der Waals surface area contributed by atoms with E-state index in [4.69, 9.17) is 5.11 Å². The Morgan fingerprint density at radius 2 is 1.70 bits per heavy atom. The number of rotatable bonds is 6. The lowest BCUT2D eigenvalue weighted by Crippen LogP contribution is -2.36. The molecule has 0 saturated carbocycles. The van der Waals surface area contributed by atoms with E-state index in [-0.39, 0.29) is 12.2 Å². The van der Waals surface area contributed by atoms with Crippen molar-refractivity contribution in [2.24, 2.45) is 4.99 Å². The van der Waals surface area contributed by atoms with Crippen LogP contribution in [0, 0.1) is 12.7 Å². The average Bonchev–Trinajstić information content (AvgIpc) is 2.62. The van der Waals surface area contributed by atoms with Crippen molar-refractivity contribution in [1.29, 1.82) is 0 Å². The predicted octanol–water partition coefficient (Wildman–Crippen LogP) is 1.90. The highest BCUT2D eigenvalue weighted by molar-refractivity contribution is 7.90. The van der Waals surface area contributed by atoms with Crippen molar-refractivity contribution in [1.82, 2.24) is 10.6 Å². The van der Waals surface area contributed by atoms with Crippen molar-refractivity contribution >= 4 is 15.8 Å². The minimum Gasteiger partial charge on any atom is -0.392 e. The molecule has 146 valence electrons. The SMILES string of the molecule is CN=C(NCc1ccc(S(C)(=O)=O)c(C)c1)NCc1ccc(F)c(CO)c1. The van der Waals surface area contributed by atoms with Crippen LogP contribution in [0.25, 0.3) is 0 Å². The number of halogens is 1. The number of aliphatic imine (C=N–C) groups is 1. The second kappa shape index (κ2) is 8.96. The van der Waals surface area contributed by atoms with Gasteiger partial charge in [0.2, 0.25) is 0 Å². The molecule has 0 heterocycles. The third-order valence-electron chi connectivity index (χ3n) is 4.06. The van der Waals surface area contributed by atoms with Crippen LogP contribution in [0.2, 0.25) is 0 Å². The van der Waals surface area contributed by atoms with Crippen molar-refractivity contribution < 1.29 is 17.9 Å². The highest BCUT2D eigenvalue weighted by Gasteiger charge is 2.11. The zero-order valence-corrected chi connectivity index (χ0v) is 16.4. The maximum Gasteiger partial charge on any atom is 0.191 e. The van der Waals surface area contributed by atoms with Crippen molar-refractivity contribution in [2.75, 3.05) is 13.3 Å². The molecule has 0 atom stereocenters. The van der Waals surface area contributed by atoms with Crippen LogP contribution < -0.4 is 10.6 Å². The van der Waals surface area contributed by atoms with E-state index in [0.717, 1.165) is 11.1 Å². The van der Waals surface area contributed by atoms with Crippen LogP contribution in [-0.4, -0.2) is 32.8 Å². The molecule has 0 saturated heterocycles. The molecule has 0 amide bonds. The van der Waals surface area contributed by atoms with E-state index in [9.17, 15) is 12.8 Å². The largest absolute Gasteiger partial charge is 0.392 e. The summed E-state index contributed by atoms with van der Waals surface area (Å²) in [6.45, 7) is 2.30. The molecule has 0 bridgehead atoms. The van der Waals surface area contributed by atoms with Gasteiger partial charge in [-0.2, -0.15) is 0 Å². The average molecular weight is 393 g/mol. The van der Waals surface area contributed by atoms with E-state index in [2.05, 4.69) is 15.6 Å². The third-order valence-corrected chi connectivity index (χ3v) is 5.32. The Morgan fingerprint density at radius 1 is 1.11 bits per heavy atom. The van der Waals surface area contributed by atoms with Gasteiger partial charge < -0.3 is 15.7 Å². The minimum absolute atomic E-state index is 0.249. The van der Waals surface area contributed by atoms with Crippen molar-refractivity contribution in [3.63, 3.8) is 0 Å². The summed E-state index contributed by atoms with van der Waals surface area (Å²) in [5.41, 5.74) is 2.69. The minimum atomic E-state index is -3.24. The normalized spacial score (nSPS) is 12.1. The fraction of sp³-hybridized carbons (Fsp3) is 0.316. The van der Waals surface area contributed by atoms with Gasteiger partial charge >= 0.3 is 0 Å². The second-order valence-electron chi connectivity index (χ2n) is 6.24. The third kappa shape index (κ3) is 5.77. The van der Waals surface area contributed by atoms with Crippen LogP contribution >= 0.6 is 0 Å². The summed E-state index contributed by atoms with van der Waals surface area (Å²) in [4.78, 5) is 4.46. The lowest BCUT2D eigenvalue weighted by molar-refractivity contribution is 0.275. The van der Waals surface area contributed by atoms with Crippen LogP contribution in [0.1, 0.15) is 22.3 Å². The Hall–Kier alpha value is -2.45. The van der Waals surface area contributed by atoms with Crippen LogP contribution in [0.4, 0.5) is 4.39 Å². The number of sulfone groups is 1. The number of aryl methyl sites for hydroxylation is 1. The summed E-state index contributed by atoms with van der Waals surface area (Å²) in [5, 5.41) is 15.4. The quantitative estimate of drug-likeness (QED) is 0.515. The lowest BCUT2D eigenvalue weighted by atomic mass is 10.1. The molecule has 0 fully saturated rings. The Bertz CT molecular complexity index is 943. The van der Waals surface area contributed by atoms with Gasteiger partial charge in [0.15, 0.2) is 15.8 Å². The van der Waals surface area contributed by atoms with E-state index < -0.39 is 15.7 Å². The van der Waals surface area contributed by atoms with Crippen LogP contribution in [0.3, 0.4) is 0 Å². The van der Waals surface area contributed by atoms with E-state index in [1.165, 1.54) is 12.3 Å². The number of nitrogens with zero attached hydrogens (tertiary/aromatic N) is 1. The second-order valence-corrected chi connectivity index (χ2v) is 8.22. The molecule has 2 rings (SSSR count). The molecule has 0 unspecified atom stereocenters. The molecular weight excluding hydrogens is 369 g/mol. The molecule has 2 aromatic rings. The first-order valence-corrected chi connectivity index (χ1v) is 10.3. The number of guanidine groups is 1. The number of hydrogen-bond acceptors (Lipinski definition) is 4. The van der Waals surface area contributed by atoms with Gasteiger partial charge in [0.05, 0.1) is 11.5 Å². The first-order chi connectivity index (χ1) is 12.7. The number of aliphatic hydroxyl groups is 1. The van der Waals surface area contributed by atoms with E-state index in [0.29, 0.717) is 29.5 Å². The molecule has 27 heavy (non-hydrogen) atoms. The molecule has 6 nitrogen and oxygen atoms in total. The van der Waals surface area contributed by atoms with Crippen molar-refractivity contribution in [3.05, 3.63) is 64.5 Å². The zero-order valence-electron chi connectivity index (χ0n) is 15.6. The van der Waals surface area contributed by atoms with Crippen molar-refractivity contribution in [2.45, 2.75) is 31.5 Å². The maximum atomic E-state index is 13.4. The molecule has 0 radical (unpaired) electrons. The van der Waals surface area contributed by atoms with Crippen LogP contribution in [0.5, 0.6) is 0 Å². The highest BCUT2D eigenvalue weighted by atomic mass is 32.2. The fourth-order valence-electron chi connectivity index (χ4n) is 2.69. The Kier molecular flexibility index (Phi) is 6.92. The van der Waals surface area contributed by atoms with E-state index in [1.54, 1.807) is 38.2 Å². The standard InChI is InChI=1S/C19H24FN3O3S/c1-13-8-14(5-7-18(13)27(3,25)26)10-22-19(21-2)23-11-15-4-6-17(20)16(9-15)12-24/h4-9,24H,10-12H2,1-3H3,(H2,21,22,23). The number of nitrogens with one attached hydrogen (secondary N) is 2. The summed E-state index contributed by atoms with van der Waals surface area (Å²) >= 11 is 0. The molecule has 3 N–H and O–H groups in total. The van der Waals surface area contributed by atoms with Gasteiger partial charge in [0, 0.05) is 32.0 Å². The summed E-state index contributed by atoms with van der Waals surface area (Å²) in [5.74, 6) is 0.117. The Morgan fingerprint density at radius 3 is 2.22 bits per heavy atom. The molecule has 0 aromatic heterocycles. The zero-order chi connectivity index (χ0) is 20.0. The summed E-state index contributed by atoms with van der Waals surface area (Å²) in [6.07, 6.45) is 1.19. The van der Waals surface area contributed by atoms with Gasteiger partial charge in [-0.3, -0.25) is 4.99 Å². The lowest BCUT2D eigenvalue weighted by Gasteiger charge is -2.13. The summed E-state index contributed by atoms with van der Waals surface area (Å²) in [7, 11) is -1.60. The van der Waals surface area contributed by atoms with Gasteiger partial charge in [-0.15, -0.1) is 0 Å². The van der Waals surface area contributed by atoms with Gasteiger partial charge in [0.25, 0.3) is 0 Å². The predicted molar refractivity (Wildman–Crippen MR) is 104 cm³/mol. The first-order valence-electron chi connectivity index (χ1n) is 8.37. The van der Waals surface area contributed by atoms with Gasteiger partial charge in [0.1, 0.15) is 5.82 Å². The summed E-state index contributed by atoms with van der Waals surface area (Å²) < 4.78 is 36.8. The van der Waals surface area contributed by atoms with Crippen molar-refractivity contribution in [3.8, 4) is 0 Å². The van der Waals surface area contributed by atoms with E-state index in [1.807, 2.05) is 6.07 Å².